The Morgan fingerprint density at radius 2 is 1.75 bits per heavy atom. The highest BCUT2D eigenvalue weighted by Crippen LogP contribution is 2.33. The van der Waals surface area contributed by atoms with E-state index in [1.54, 1.807) is 0 Å². The van der Waals surface area contributed by atoms with E-state index >= 15 is 0 Å². The third-order valence-corrected chi connectivity index (χ3v) is 3.45. The first kappa shape index (κ1) is 11.8. The molecular weight excluding hydrogens is 172 g/mol. The van der Waals surface area contributed by atoms with E-state index in [9.17, 15) is 4.79 Å². The Kier molecular flexibility index (Phi) is 5.38. The van der Waals surface area contributed by atoms with Gasteiger partial charge in [-0.1, -0.05) is 26.7 Å². The zero-order valence-corrected chi connectivity index (χ0v) is 8.91. The lowest BCUT2D eigenvalue weighted by molar-refractivity contribution is -0.140. The minimum Gasteiger partial charge on any atom is -0.480 e. The number of carboxylic acids is 1. The van der Waals surface area contributed by atoms with Gasteiger partial charge in [-0.15, -0.1) is 11.8 Å². The van der Waals surface area contributed by atoms with Crippen molar-refractivity contribution in [2.45, 2.75) is 44.3 Å². The lowest BCUT2D eigenvalue weighted by Gasteiger charge is -2.26. The van der Waals surface area contributed by atoms with Crippen molar-refractivity contribution in [1.29, 1.82) is 0 Å². The molecule has 0 amide bonds. The summed E-state index contributed by atoms with van der Waals surface area (Å²) >= 11 is 1.48. The van der Waals surface area contributed by atoms with Crippen LogP contribution in [0.1, 0.15) is 39.5 Å². The van der Waals surface area contributed by atoms with Crippen LogP contribution in [0.25, 0.3) is 0 Å². The van der Waals surface area contributed by atoms with Gasteiger partial charge in [0.1, 0.15) is 4.75 Å². The van der Waals surface area contributed by atoms with E-state index in [2.05, 4.69) is 0 Å². The molecular formula is C9H18O2S. The van der Waals surface area contributed by atoms with Crippen LogP contribution in [-0.2, 0) is 4.79 Å². The van der Waals surface area contributed by atoms with Gasteiger partial charge in [-0.05, 0) is 19.1 Å². The van der Waals surface area contributed by atoms with E-state index in [1.807, 2.05) is 20.1 Å². The summed E-state index contributed by atoms with van der Waals surface area (Å²) < 4.78 is -0.524. The smallest absolute Gasteiger partial charge is 0.319 e. The van der Waals surface area contributed by atoms with Gasteiger partial charge in [0.15, 0.2) is 0 Å². The van der Waals surface area contributed by atoms with Crippen LogP contribution in [0.4, 0.5) is 0 Å². The number of rotatable bonds is 6. The van der Waals surface area contributed by atoms with E-state index < -0.39 is 10.7 Å². The van der Waals surface area contributed by atoms with Gasteiger partial charge in [-0.2, -0.15) is 0 Å². The van der Waals surface area contributed by atoms with Crippen LogP contribution in [0, 0.1) is 0 Å². The summed E-state index contributed by atoms with van der Waals surface area (Å²) in [5.74, 6) is -0.654. The quantitative estimate of drug-likeness (QED) is 0.699. The van der Waals surface area contributed by atoms with Crippen molar-refractivity contribution in [3.63, 3.8) is 0 Å². The third-order valence-electron chi connectivity index (χ3n) is 2.09. The highest BCUT2D eigenvalue weighted by atomic mass is 32.2. The fourth-order valence-corrected chi connectivity index (χ4v) is 2.43. The van der Waals surface area contributed by atoms with Gasteiger partial charge in [0.05, 0.1) is 0 Å². The Morgan fingerprint density at radius 3 is 1.92 bits per heavy atom. The average Bonchev–Trinajstić information content (AvgIpc) is 2.03. The normalized spacial score (nSPS) is 11.6. The molecule has 2 nitrogen and oxygen atoms in total. The molecule has 0 saturated heterocycles. The van der Waals surface area contributed by atoms with E-state index in [0.29, 0.717) is 0 Å². The van der Waals surface area contributed by atoms with Crippen LogP contribution in [-0.4, -0.2) is 22.1 Å². The molecule has 0 unspecified atom stereocenters. The molecule has 0 aliphatic heterocycles. The highest BCUT2D eigenvalue weighted by Gasteiger charge is 2.35. The van der Waals surface area contributed by atoms with Crippen molar-refractivity contribution in [2.75, 3.05) is 6.26 Å². The third kappa shape index (κ3) is 2.70. The average molecular weight is 190 g/mol. The van der Waals surface area contributed by atoms with Crippen molar-refractivity contribution in [1.82, 2.24) is 0 Å². The molecule has 0 heterocycles. The topological polar surface area (TPSA) is 37.3 Å². The molecule has 0 rings (SSSR count). The lowest BCUT2D eigenvalue weighted by atomic mass is 9.97. The first-order valence-electron chi connectivity index (χ1n) is 4.41. The van der Waals surface area contributed by atoms with Gasteiger partial charge in [-0.3, -0.25) is 4.79 Å². The van der Waals surface area contributed by atoms with E-state index in [4.69, 9.17) is 5.11 Å². The molecule has 0 spiro atoms. The highest BCUT2D eigenvalue weighted by molar-refractivity contribution is 8.00. The number of carboxylic acid groups (broad SMARTS) is 1. The van der Waals surface area contributed by atoms with Gasteiger partial charge in [-0.25, -0.2) is 0 Å². The summed E-state index contributed by atoms with van der Waals surface area (Å²) in [5, 5.41) is 9.07. The Morgan fingerprint density at radius 1 is 1.33 bits per heavy atom. The van der Waals surface area contributed by atoms with Crippen LogP contribution in [0.15, 0.2) is 0 Å². The number of carbonyl (C=O) groups is 1. The largest absolute Gasteiger partial charge is 0.480 e. The van der Waals surface area contributed by atoms with Gasteiger partial charge < -0.3 is 5.11 Å². The molecule has 3 heteroatoms. The van der Waals surface area contributed by atoms with E-state index in [-0.39, 0.29) is 0 Å². The SMILES string of the molecule is CCCC(CCC)(SC)C(=O)O. The van der Waals surface area contributed by atoms with Crippen LogP contribution in [0.2, 0.25) is 0 Å². The number of hydrogen-bond acceptors (Lipinski definition) is 2. The zero-order valence-electron chi connectivity index (χ0n) is 8.09. The molecule has 0 bridgehead atoms. The van der Waals surface area contributed by atoms with E-state index in [0.717, 1.165) is 25.7 Å². The van der Waals surface area contributed by atoms with Crippen molar-refractivity contribution in [3.8, 4) is 0 Å². The van der Waals surface area contributed by atoms with Crippen LogP contribution >= 0.6 is 11.8 Å². The molecule has 0 atom stereocenters. The predicted octanol–water partition coefficient (Wildman–Crippen LogP) is 2.77. The maximum atomic E-state index is 11.0. The molecule has 0 fully saturated rings. The summed E-state index contributed by atoms with van der Waals surface area (Å²) in [7, 11) is 0. The minimum atomic E-state index is -0.654. The molecule has 0 saturated carbocycles. The van der Waals surface area contributed by atoms with Crippen LogP contribution in [0.3, 0.4) is 0 Å². The molecule has 1 N–H and O–H groups in total. The maximum Gasteiger partial charge on any atom is 0.319 e. The Balaban J connectivity index is 4.39. The molecule has 0 aromatic rings. The zero-order chi connectivity index (χ0) is 9.61. The van der Waals surface area contributed by atoms with Crippen molar-refractivity contribution in [2.24, 2.45) is 0 Å². The van der Waals surface area contributed by atoms with Gasteiger partial charge >= 0.3 is 5.97 Å². The molecule has 0 radical (unpaired) electrons. The molecule has 0 aromatic heterocycles. The Labute approximate surface area is 78.7 Å². The van der Waals surface area contributed by atoms with Crippen LogP contribution in [0.5, 0.6) is 0 Å². The van der Waals surface area contributed by atoms with Crippen LogP contribution < -0.4 is 0 Å². The maximum absolute atomic E-state index is 11.0. The Bertz CT molecular complexity index is 139. The first-order chi connectivity index (χ1) is 5.63. The summed E-state index contributed by atoms with van der Waals surface area (Å²) in [6, 6.07) is 0. The van der Waals surface area contributed by atoms with Crippen molar-refractivity contribution < 1.29 is 9.90 Å². The summed E-state index contributed by atoms with van der Waals surface area (Å²) in [4.78, 5) is 11.0. The fourth-order valence-electron chi connectivity index (χ4n) is 1.44. The van der Waals surface area contributed by atoms with Gasteiger partial charge in [0.2, 0.25) is 0 Å². The molecule has 72 valence electrons. The number of aliphatic carboxylic acids is 1. The van der Waals surface area contributed by atoms with Crippen molar-refractivity contribution >= 4 is 17.7 Å². The predicted molar refractivity (Wildman–Crippen MR) is 53.7 cm³/mol. The summed E-state index contributed by atoms with van der Waals surface area (Å²) in [6.07, 6.45) is 5.31. The Hall–Kier alpha value is -0.180. The number of thioether (sulfide) groups is 1. The van der Waals surface area contributed by atoms with Gasteiger partial charge in [0, 0.05) is 0 Å². The van der Waals surface area contributed by atoms with E-state index in [1.165, 1.54) is 11.8 Å². The second-order valence-corrected chi connectivity index (χ2v) is 4.19. The lowest BCUT2D eigenvalue weighted by Crippen LogP contribution is -2.34. The second-order valence-electron chi connectivity index (χ2n) is 3.00. The molecule has 0 aliphatic rings. The summed E-state index contributed by atoms with van der Waals surface area (Å²) in [6.45, 7) is 4.06. The second kappa shape index (κ2) is 5.46. The minimum absolute atomic E-state index is 0.524. The standard InChI is InChI=1S/C9H18O2S/c1-4-6-9(12-3,7-5-2)8(10)11/h4-7H2,1-3H3,(H,10,11). The van der Waals surface area contributed by atoms with Crippen molar-refractivity contribution in [3.05, 3.63) is 0 Å². The fraction of sp³-hybridized carbons (Fsp3) is 0.889. The first-order valence-corrected chi connectivity index (χ1v) is 5.64. The molecule has 0 aromatic carbocycles. The number of hydrogen-bond donors (Lipinski definition) is 1. The van der Waals surface area contributed by atoms with Gasteiger partial charge in [0.25, 0.3) is 0 Å². The summed E-state index contributed by atoms with van der Waals surface area (Å²) in [5.41, 5.74) is 0. The molecule has 12 heavy (non-hydrogen) atoms. The molecule has 0 aliphatic carbocycles. The monoisotopic (exact) mass is 190 g/mol.